The van der Waals surface area contributed by atoms with E-state index in [9.17, 15) is 8.78 Å². The smallest absolute Gasteiger partial charge is 0.257 e. The van der Waals surface area contributed by atoms with Crippen molar-refractivity contribution in [3.63, 3.8) is 0 Å². The highest BCUT2D eigenvalue weighted by Gasteiger charge is 2.24. The predicted octanol–water partition coefficient (Wildman–Crippen LogP) is 2.15. The van der Waals surface area contributed by atoms with Crippen LogP contribution in [0.25, 0.3) is 0 Å². The van der Waals surface area contributed by atoms with E-state index in [1.54, 1.807) is 18.0 Å². The Bertz CT molecular complexity index is 129. The van der Waals surface area contributed by atoms with Crippen LogP contribution in [0, 0.1) is 0 Å². The minimum absolute atomic E-state index is 0.000764. The fourth-order valence-electron chi connectivity index (χ4n) is 0.762. The number of halogens is 2. The van der Waals surface area contributed by atoms with E-state index in [2.05, 4.69) is 6.58 Å². The molecule has 0 aliphatic rings. The minimum atomic E-state index is -2.62. The Morgan fingerprint density at radius 3 is 2.36 bits per heavy atom. The van der Waals surface area contributed by atoms with Gasteiger partial charge in [0, 0.05) is 13.0 Å². The lowest BCUT2D eigenvalue weighted by Gasteiger charge is -2.24. The van der Waals surface area contributed by atoms with E-state index in [0.29, 0.717) is 0 Å². The van der Waals surface area contributed by atoms with Gasteiger partial charge < -0.3 is 0 Å². The van der Waals surface area contributed by atoms with E-state index in [1.807, 2.05) is 6.92 Å². The zero-order valence-electron chi connectivity index (χ0n) is 7.27. The summed E-state index contributed by atoms with van der Waals surface area (Å²) in [6, 6.07) is 0.000764. The van der Waals surface area contributed by atoms with E-state index >= 15 is 0 Å². The zero-order valence-corrected chi connectivity index (χ0v) is 7.27. The maximum atomic E-state index is 12.4. The SMILES string of the molecule is C=C[C@@H](C)N(C)CC(C)(F)F. The standard InChI is InChI=1S/C8H15F2N/c1-5-7(2)11(4)6-8(3,9)10/h5,7H,1,6H2,2-4H3/t7-/m1/s1. The number of rotatable bonds is 4. The molecule has 0 aromatic rings. The van der Waals surface area contributed by atoms with Crippen LogP contribution < -0.4 is 0 Å². The lowest BCUT2D eigenvalue weighted by molar-refractivity contribution is -0.0123. The molecule has 0 aromatic carbocycles. The Hall–Kier alpha value is -0.440. The second-order valence-electron chi connectivity index (χ2n) is 2.96. The third kappa shape index (κ3) is 4.90. The first-order chi connectivity index (χ1) is 4.87. The highest BCUT2D eigenvalue weighted by atomic mass is 19.3. The number of alkyl halides is 2. The molecule has 0 N–H and O–H groups in total. The van der Waals surface area contributed by atoms with E-state index in [1.165, 1.54) is 0 Å². The van der Waals surface area contributed by atoms with Crippen molar-refractivity contribution < 1.29 is 8.78 Å². The Labute approximate surface area is 66.7 Å². The van der Waals surface area contributed by atoms with E-state index in [-0.39, 0.29) is 12.6 Å². The van der Waals surface area contributed by atoms with Crippen LogP contribution in [-0.2, 0) is 0 Å². The van der Waals surface area contributed by atoms with Crippen LogP contribution in [0.3, 0.4) is 0 Å². The molecule has 0 aliphatic heterocycles. The molecular weight excluding hydrogens is 148 g/mol. The maximum Gasteiger partial charge on any atom is 0.257 e. The first kappa shape index (κ1) is 10.6. The van der Waals surface area contributed by atoms with Crippen LogP contribution in [0.5, 0.6) is 0 Å². The molecule has 1 atom stereocenters. The summed E-state index contributed by atoms with van der Waals surface area (Å²) >= 11 is 0. The molecule has 0 amide bonds. The van der Waals surface area contributed by atoms with Gasteiger partial charge >= 0.3 is 0 Å². The first-order valence-electron chi connectivity index (χ1n) is 3.57. The third-order valence-corrected chi connectivity index (χ3v) is 1.56. The highest BCUT2D eigenvalue weighted by molar-refractivity contribution is 4.83. The Morgan fingerprint density at radius 2 is 2.09 bits per heavy atom. The molecular formula is C8H15F2N. The summed E-state index contributed by atoms with van der Waals surface area (Å²) in [6.45, 7) is 6.05. The average molecular weight is 163 g/mol. The van der Waals surface area contributed by atoms with Crippen LogP contribution in [0.15, 0.2) is 12.7 Å². The molecule has 0 saturated carbocycles. The molecule has 0 heterocycles. The average Bonchev–Trinajstić information content (AvgIpc) is 1.82. The number of hydrogen-bond acceptors (Lipinski definition) is 1. The van der Waals surface area contributed by atoms with Crippen LogP contribution in [0.2, 0.25) is 0 Å². The van der Waals surface area contributed by atoms with Gasteiger partial charge in [0.05, 0.1) is 6.54 Å². The Kier molecular flexibility index (Phi) is 3.66. The minimum Gasteiger partial charge on any atom is -0.294 e. The van der Waals surface area contributed by atoms with Gasteiger partial charge in [0.1, 0.15) is 0 Å². The molecule has 0 radical (unpaired) electrons. The molecule has 0 spiro atoms. The quantitative estimate of drug-likeness (QED) is 0.574. The summed E-state index contributed by atoms with van der Waals surface area (Å²) in [5, 5.41) is 0. The summed E-state index contributed by atoms with van der Waals surface area (Å²) in [5.41, 5.74) is 0. The monoisotopic (exact) mass is 163 g/mol. The predicted molar refractivity (Wildman–Crippen MR) is 42.9 cm³/mol. The number of hydrogen-bond donors (Lipinski definition) is 0. The summed E-state index contributed by atoms with van der Waals surface area (Å²) in [7, 11) is 1.66. The topological polar surface area (TPSA) is 3.24 Å². The molecule has 3 heteroatoms. The zero-order chi connectivity index (χ0) is 9.07. The highest BCUT2D eigenvalue weighted by Crippen LogP contribution is 2.13. The molecule has 0 rings (SSSR count). The van der Waals surface area contributed by atoms with Crippen LogP contribution in [0.4, 0.5) is 8.78 Å². The van der Waals surface area contributed by atoms with Crippen LogP contribution >= 0.6 is 0 Å². The van der Waals surface area contributed by atoms with E-state index < -0.39 is 5.92 Å². The van der Waals surface area contributed by atoms with Crippen LogP contribution in [0.1, 0.15) is 13.8 Å². The summed E-state index contributed by atoms with van der Waals surface area (Å²) in [4.78, 5) is 1.56. The van der Waals surface area contributed by atoms with Crippen molar-refractivity contribution in [2.75, 3.05) is 13.6 Å². The largest absolute Gasteiger partial charge is 0.294 e. The van der Waals surface area contributed by atoms with Gasteiger partial charge in [-0.1, -0.05) is 6.08 Å². The Balaban J connectivity index is 3.86. The van der Waals surface area contributed by atoms with Gasteiger partial charge in [-0.2, -0.15) is 0 Å². The van der Waals surface area contributed by atoms with Crippen molar-refractivity contribution in [1.82, 2.24) is 4.90 Å². The van der Waals surface area contributed by atoms with Gasteiger partial charge in [-0.3, -0.25) is 4.90 Å². The molecule has 66 valence electrons. The van der Waals surface area contributed by atoms with Gasteiger partial charge in [0.25, 0.3) is 5.92 Å². The van der Waals surface area contributed by atoms with Crippen molar-refractivity contribution in [1.29, 1.82) is 0 Å². The van der Waals surface area contributed by atoms with Gasteiger partial charge in [-0.05, 0) is 14.0 Å². The lowest BCUT2D eigenvalue weighted by atomic mass is 10.2. The number of nitrogens with zero attached hydrogens (tertiary/aromatic N) is 1. The van der Waals surface area contributed by atoms with E-state index in [4.69, 9.17) is 0 Å². The van der Waals surface area contributed by atoms with Crippen molar-refractivity contribution >= 4 is 0 Å². The second kappa shape index (κ2) is 3.81. The van der Waals surface area contributed by atoms with Gasteiger partial charge in [-0.25, -0.2) is 8.78 Å². The summed E-state index contributed by atoms with van der Waals surface area (Å²) in [5.74, 6) is -2.62. The molecule has 0 saturated heterocycles. The molecule has 0 aliphatic carbocycles. The molecule has 0 unspecified atom stereocenters. The van der Waals surface area contributed by atoms with E-state index in [0.717, 1.165) is 6.92 Å². The van der Waals surface area contributed by atoms with Gasteiger partial charge in [0.15, 0.2) is 0 Å². The van der Waals surface area contributed by atoms with Crippen molar-refractivity contribution in [2.45, 2.75) is 25.8 Å². The maximum absolute atomic E-state index is 12.4. The van der Waals surface area contributed by atoms with Crippen molar-refractivity contribution in [3.05, 3.63) is 12.7 Å². The first-order valence-corrected chi connectivity index (χ1v) is 3.57. The number of likely N-dealkylation sites (N-methyl/N-ethyl adjacent to an activating group) is 1. The third-order valence-electron chi connectivity index (χ3n) is 1.56. The van der Waals surface area contributed by atoms with Crippen LogP contribution in [-0.4, -0.2) is 30.5 Å². The van der Waals surface area contributed by atoms with Gasteiger partial charge in [-0.15, -0.1) is 6.58 Å². The van der Waals surface area contributed by atoms with Crippen molar-refractivity contribution in [2.24, 2.45) is 0 Å². The fourth-order valence-corrected chi connectivity index (χ4v) is 0.762. The molecule has 1 nitrogen and oxygen atoms in total. The van der Waals surface area contributed by atoms with Crippen molar-refractivity contribution in [3.8, 4) is 0 Å². The summed E-state index contributed by atoms with van der Waals surface area (Å²) < 4.78 is 24.8. The second-order valence-corrected chi connectivity index (χ2v) is 2.96. The molecule has 11 heavy (non-hydrogen) atoms. The lowest BCUT2D eigenvalue weighted by Crippen LogP contribution is -2.36. The molecule has 0 bridgehead atoms. The summed E-state index contributed by atoms with van der Waals surface area (Å²) in [6.07, 6.45) is 1.64. The van der Waals surface area contributed by atoms with Gasteiger partial charge in [0.2, 0.25) is 0 Å². The Morgan fingerprint density at radius 1 is 1.64 bits per heavy atom. The molecule has 0 aromatic heterocycles. The fraction of sp³-hybridized carbons (Fsp3) is 0.750. The molecule has 0 fully saturated rings. The normalized spacial score (nSPS) is 15.1.